The van der Waals surface area contributed by atoms with Crippen molar-refractivity contribution in [3.8, 4) is 0 Å². The number of nitrogens with one attached hydrogen (secondary N) is 3. The minimum Gasteiger partial charge on any atom is -0.378 e. The van der Waals surface area contributed by atoms with Crippen LogP contribution in [0.25, 0.3) is 0 Å². The largest absolute Gasteiger partial charge is 0.422 e. The van der Waals surface area contributed by atoms with Gasteiger partial charge in [0, 0.05) is 81.5 Å². The molecule has 3 N–H and O–H groups in total. The predicted molar refractivity (Wildman–Crippen MR) is 379 cm³/mol. The summed E-state index contributed by atoms with van der Waals surface area (Å²) in [5, 5.41) is 8.59. The van der Waals surface area contributed by atoms with Gasteiger partial charge in [-0.05, 0) is 113 Å². The molecule has 0 bridgehead atoms. The Labute approximate surface area is 619 Å². The maximum Gasteiger partial charge on any atom is 0.422 e. The van der Waals surface area contributed by atoms with Gasteiger partial charge in [-0.2, -0.15) is 13.2 Å². The summed E-state index contributed by atoms with van der Waals surface area (Å²) in [7, 11) is 8.43. The highest BCUT2D eigenvalue weighted by Gasteiger charge is 2.53. The third kappa shape index (κ3) is 19.5. The lowest BCUT2D eigenvalue weighted by molar-refractivity contribution is -0.160. The molecule has 12 amide bonds. The number of carbonyl (C=O) groups is 12. The van der Waals surface area contributed by atoms with E-state index < -0.39 is 198 Å². The van der Waals surface area contributed by atoms with Gasteiger partial charge in [0.2, 0.25) is 70.9 Å². The van der Waals surface area contributed by atoms with E-state index in [0.29, 0.717) is 57.1 Å². The molecule has 4 heterocycles. The second-order valence-corrected chi connectivity index (χ2v) is 31.1. The summed E-state index contributed by atoms with van der Waals surface area (Å²) in [5.74, 6) is -13.6. The van der Waals surface area contributed by atoms with E-state index in [0.717, 1.165) is 41.9 Å². The van der Waals surface area contributed by atoms with Crippen molar-refractivity contribution in [2.75, 3.05) is 94.8 Å². The first-order valence-electron chi connectivity index (χ1n) is 38.2. The zero-order valence-corrected chi connectivity index (χ0v) is 63.9. The van der Waals surface area contributed by atoms with Gasteiger partial charge in [0.15, 0.2) is 0 Å². The molecule has 1 aromatic rings. The number of morpholine rings is 1. The van der Waals surface area contributed by atoms with Crippen LogP contribution in [0.3, 0.4) is 0 Å². The van der Waals surface area contributed by atoms with Crippen LogP contribution in [0.5, 0.6) is 0 Å². The van der Waals surface area contributed by atoms with Gasteiger partial charge in [0.1, 0.15) is 77.1 Å². The number of fused-ring (bicyclic) bond motifs is 2. The first-order valence-corrected chi connectivity index (χ1v) is 38.2. The molecule has 26 nitrogen and oxygen atoms in total. The van der Waals surface area contributed by atoms with Crippen molar-refractivity contribution in [1.29, 1.82) is 0 Å². The number of ether oxygens (including phenoxy) is 2. The number of hydrogen-bond acceptors (Lipinski definition) is 14. The van der Waals surface area contributed by atoms with Crippen molar-refractivity contribution in [2.45, 2.75) is 249 Å². The molecule has 8 rings (SSSR count). The van der Waals surface area contributed by atoms with E-state index in [2.05, 4.69) is 16.0 Å². The number of amides is 12. The lowest BCUT2D eigenvalue weighted by Gasteiger charge is -2.45. The van der Waals surface area contributed by atoms with E-state index in [9.17, 15) is 32.3 Å². The number of aryl methyl sites for hydroxylation is 1. The van der Waals surface area contributed by atoms with Crippen LogP contribution in [0.1, 0.15) is 181 Å². The molecule has 592 valence electrons. The van der Waals surface area contributed by atoms with Crippen LogP contribution in [0.15, 0.2) is 12.1 Å². The summed E-state index contributed by atoms with van der Waals surface area (Å²) in [6.45, 7) is 10.3. The topological polar surface area (TPSA) is 289 Å². The predicted octanol–water partition coefficient (Wildman–Crippen LogP) is 5.05. The number of rotatable bonds is 13. The van der Waals surface area contributed by atoms with Crippen molar-refractivity contribution in [3.63, 3.8) is 0 Å². The fourth-order valence-electron chi connectivity index (χ4n) is 16.7. The number of alkyl halides is 3. The summed E-state index contributed by atoms with van der Waals surface area (Å²) in [5.41, 5.74) is -4.15. The molecule has 0 radical (unpaired) electrons. The molecular formula is C75H113F5N12O14. The zero-order valence-electron chi connectivity index (χ0n) is 63.9. The van der Waals surface area contributed by atoms with Gasteiger partial charge in [-0.1, -0.05) is 91.9 Å². The Morgan fingerprint density at radius 1 is 0.670 bits per heavy atom. The Bertz CT molecular complexity index is 3340. The molecular weight excluding hydrogens is 1390 g/mol. The minimum atomic E-state index is -5.41. The second kappa shape index (κ2) is 36.6. The third-order valence-corrected chi connectivity index (χ3v) is 23.5. The lowest BCUT2D eigenvalue weighted by Crippen LogP contribution is -2.65. The number of benzene rings is 1. The molecule has 3 aliphatic carbocycles. The molecule has 0 aromatic heterocycles. The molecule has 7 aliphatic rings. The number of nitrogens with zero attached hydrogens (tertiary/aromatic N) is 9. The number of hydrogen-bond donors (Lipinski definition) is 3. The molecule has 4 aliphatic heterocycles. The Balaban J connectivity index is 1.21. The second-order valence-electron chi connectivity index (χ2n) is 31.1. The van der Waals surface area contributed by atoms with Crippen LogP contribution >= 0.6 is 0 Å². The molecule has 1 aromatic carbocycles. The summed E-state index contributed by atoms with van der Waals surface area (Å²) in [6.07, 6.45) is 0.359. The van der Waals surface area contributed by atoms with Gasteiger partial charge >= 0.3 is 6.18 Å². The number of carbonyl (C=O) groups excluding carboxylic acids is 12. The first kappa shape index (κ1) is 84.1. The third-order valence-electron chi connectivity index (χ3n) is 23.5. The van der Waals surface area contributed by atoms with Crippen LogP contribution < -0.4 is 16.0 Å². The van der Waals surface area contributed by atoms with E-state index in [4.69, 9.17) is 9.47 Å². The normalized spacial score (nSPS) is 28.5. The Kier molecular flexibility index (Phi) is 29.0. The van der Waals surface area contributed by atoms with Crippen LogP contribution in [-0.2, 0) is 79.6 Å². The fourth-order valence-corrected chi connectivity index (χ4v) is 16.7. The lowest BCUT2D eigenvalue weighted by atomic mass is 9.84. The van der Waals surface area contributed by atoms with Crippen molar-refractivity contribution in [3.05, 3.63) is 34.9 Å². The summed E-state index contributed by atoms with van der Waals surface area (Å²) < 4.78 is 83.6. The van der Waals surface area contributed by atoms with E-state index in [1.54, 1.807) is 13.8 Å². The van der Waals surface area contributed by atoms with Crippen LogP contribution in [0.4, 0.5) is 22.0 Å². The van der Waals surface area contributed by atoms with Gasteiger partial charge in [0.25, 0.3) is 0 Å². The molecule has 106 heavy (non-hydrogen) atoms. The summed E-state index contributed by atoms with van der Waals surface area (Å²) in [6, 6.07) is -10.9. The number of halogens is 5. The highest BCUT2D eigenvalue weighted by molar-refractivity contribution is 6.01. The van der Waals surface area contributed by atoms with Gasteiger partial charge < -0.3 is 69.5 Å². The SMILES string of the molecule is CCO[C@@H]1C[C@H]2C(=O)NC3(CCCC3)C(=O)N(C)[C@@H](C3CCCC3)C(=O)N(C)[C@H](C(=O)N3CCOCC3)CC(=O)N(C)[C@@H](CC(C)C)C(=O)N[C@@H]([C@@H](C)CC)C(=O)N(C)[C@@H](C)C(=O)N3CC[C@H]3C(=O)N(C)[C@@H](CC3CCCCC3)C(=O)N(C)CC(=O)N[C@@H](CCc3cc(F)c(C(F)(F)F)c(F)c3)C(=O)N2C1. The standard InChI is InChI=1S/C75H113F5N12O14/c1-13-45(5)62-71(102)85(8)46(6)66(97)91-31-28-54(91)69(100)87(10)57(39-47-22-16-15-17-23-47)68(99)84(7)43-59(93)81-53(27-26-48-37-51(76)61(52(77)38-48)75(78,79)80)67(98)92-42-50(106-14-2)40-56(92)65(96)83-74(29-20-21-30-74)73(104)89(12)63(49-24-18-19-25-49)72(103)88(11)58(70(101)90-32-34-105-35-33-90)41-60(94)86(9)55(36-44(3)4)64(95)82-62/h37-38,44-47,49-50,53-58,62-63H,13-36,39-43H2,1-12H3,(H,81,93)(H,82,95)(H,83,96)/t45-,46-,50+,53-,54-,55-,56-,57-,58-,62-,63-/m0/s1. The quantitative estimate of drug-likeness (QED) is 0.218. The molecule has 7 fully saturated rings. The van der Waals surface area contributed by atoms with E-state index in [1.807, 2.05) is 20.8 Å². The summed E-state index contributed by atoms with van der Waals surface area (Å²) >= 11 is 0. The molecule has 4 saturated heterocycles. The number of likely N-dealkylation sites (N-methyl/N-ethyl adjacent to an activating group) is 6. The van der Waals surface area contributed by atoms with Crippen LogP contribution in [0, 0.1) is 35.3 Å². The van der Waals surface area contributed by atoms with Gasteiger partial charge in [-0.15, -0.1) is 0 Å². The average Bonchev–Trinajstić information content (AvgIpc) is 1.59. The molecule has 11 atom stereocenters. The van der Waals surface area contributed by atoms with Gasteiger partial charge in [0.05, 0.1) is 32.3 Å². The Morgan fingerprint density at radius 3 is 1.87 bits per heavy atom. The molecule has 0 unspecified atom stereocenters. The first-order chi connectivity index (χ1) is 50.0. The van der Waals surface area contributed by atoms with Crippen molar-refractivity contribution < 1.29 is 89.0 Å². The monoisotopic (exact) mass is 1500 g/mol. The maximum atomic E-state index is 15.8. The fraction of sp³-hybridized carbons (Fsp3) is 0.760. The van der Waals surface area contributed by atoms with Crippen molar-refractivity contribution in [1.82, 2.24) is 60.0 Å². The molecule has 31 heteroatoms. The van der Waals surface area contributed by atoms with Gasteiger partial charge in [-0.3, -0.25) is 57.5 Å². The highest BCUT2D eigenvalue weighted by Crippen LogP contribution is 2.39. The van der Waals surface area contributed by atoms with E-state index in [-0.39, 0.29) is 102 Å². The highest BCUT2D eigenvalue weighted by atomic mass is 19.4. The smallest absolute Gasteiger partial charge is 0.378 e. The van der Waals surface area contributed by atoms with Crippen LogP contribution in [0.2, 0.25) is 0 Å². The maximum absolute atomic E-state index is 15.8. The molecule has 3 saturated carbocycles. The Hall–Kier alpha value is -7.57. The average molecular weight is 1500 g/mol. The van der Waals surface area contributed by atoms with E-state index >= 15 is 47.1 Å². The van der Waals surface area contributed by atoms with E-state index in [1.165, 1.54) is 83.5 Å². The zero-order chi connectivity index (χ0) is 78.0. The summed E-state index contributed by atoms with van der Waals surface area (Å²) in [4.78, 5) is 193. The molecule has 1 spiro atoms. The van der Waals surface area contributed by atoms with Gasteiger partial charge in [-0.25, -0.2) is 8.78 Å². The Morgan fingerprint density at radius 2 is 1.29 bits per heavy atom. The van der Waals surface area contributed by atoms with Crippen molar-refractivity contribution in [2.24, 2.45) is 23.7 Å². The van der Waals surface area contributed by atoms with Crippen LogP contribution in [-0.4, -0.2) is 276 Å². The van der Waals surface area contributed by atoms with Crippen molar-refractivity contribution >= 4 is 70.9 Å². The minimum absolute atomic E-state index is 0.0375.